The lowest BCUT2D eigenvalue weighted by Crippen LogP contribution is -2.32. The molecule has 2 amide bonds. The summed E-state index contributed by atoms with van der Waals surface area (Å²) in [5.41, 5.74) is 1.76. The summed E-state index contributed by atoms with van der Waals surface area (Å²) >= 11 is 10.5. The van der Waals surface area contributed by atoms with E-state index in [1.54, 1.807) is 24.3 Å². The van der Waals surface area contributed by atoms with E-state index in [2.05, 4.69) is 34.1 Å². The first-order valence-electron chi connectivity index (χ1n) is 11.5. The molecule has 1 aliphatic rings. The van der Waals surface area contributed by atoms with E-state index in [0.29, 0.717) is 33.6 Å². The van der Waals surface area contributed by atoms with Crippen LogP contribution in [0, 0.1) is 0 Å². The zero-order chi connectivity index (χ0) is 25.8. The van der Waals surface area contributed by atoms with Gasteiger partial charge in [-0.3, -0.25) is 14.5 Å². The Kier molecular flexibility index (Phi) is 7.84. The highest BCUT2D eigenvalue weighted by Gasteiger charge is 2.35. The Labute approximate surface area is 232 Å². The van der Waals surface area contributed by atoms with Gasteiger partial charge in [-0.05, 0) is 64.5 Å². The molecule has 0 bridgehead atoms. The molecule has 0 N–H and O–H groups in total. The fraction of sp³-hybridized carbons (Fsp3) is 0.103. The second kappa shape index (κ2) is 11.4. The number of rotatable bonds is 8. The molecule has 4 aromatic rings. The Morgan fingerprint density at radius 3 is 2.54 bits per heavy atom. The first-order chi connectivity index (χ1) is 18.0. The molecular formula is C29H21BrClNO4S. The van der Waals surface area contributed by atoms with E-state index in [1.807, 2.05) is 48.5 Å². The predicted octanol–water partition coefficient (Wildman–Crippen LogP) is 7.95. The van der Waals surface area contributed by atoms with Crippen LogP contribution >= 0.6 is 39.3 Å². The molecule has 1 fully saturated rings. The van der Waals surface area contributed by atoms with Gasteiger partial charge in [0.25, 0.3) is 11.1 Å². The number of imide groups is 1. The van der Waals surface area contributed by atoms with E-state index in [1.165, 1.54) is 4.90 Å². The Hall–Kier alpha value is -3.26. The SMILES string of the molecule is O=C1S/C(=C\c2cc(Br)ccc2OCc2cccc3ccccc23)C(=O)N1CCOc1ccccc1Cl. The quantitative estimate of drug-likeness (QED) is 0.194. The van der Waals surface area contributed by atoms with Crippen molar-refractivity contribution < 1.29 is 19.1 Å². The van der Waals surface area contributed by atoms with Crippen molar-refractivity contribution in [3.8, 4) is 11.5 Å². The van der Waals surface area contributed by atoms with Gasteiger partial charge in [0, 0.05) is 10.0 Å². The molecular weight excluding hydrogens is 574 g/mol. The first kappa shape index (κ1) is 25.4. The fourth-order valence-corrected chi connectivity index (χ4v) is 5.41. The van der Waals surface area contributed by atoms with Gasteiger partial charge in [0.1, 0.15) is 24.7 Å². The maximum Gasteiger partial charge on any atom is 0.293 e. The first-order valence-corrected chi connectivity index (χ1v) is 13.5. The third-order valence-electron chi connectivity index (χ3n) is 5.80. The average molecular weight is 595 g/mol. The van der Waals surface area contributed by atoms with Crippen LogP contribution < -0.4 is 9.47 Å². The Bertz CT molecular complexity index is 1520. The summed E-state index contributed by atoms with van der Waals surface area (Å²) in [6.07, 6.45) is 1.70. The zero-order valence-corrected chi connectivity index (χ0v) is 22.7. The molecule has 4 aromatic carbocycles. The summed E-state index contributed by atoms with van der Waals surface area (Å²) in [6.45, 7) is 0.631. The summed E-state index contributed by atoms with van der Waals surface area (Å²) in [4.78, 5) is 27.1. The summed E-state index contributed by atoms with van der Waals surface area (Å²) in [7, 11) is 0. The minimum absolute atomic E-state index is 0.121. The smallest absolute Gasteiger partial charge is 0.293 e. The fourth-order valence-electron chi connectivity index (χ4n) is 3.98. The average Bonchev–Trinajstić information content (AvgIpc) is 3.16. The van der Waals surface area contributed by atoms with Gasteiger partial charge >= 0.3 is 0 Å². The van der Waals surface area contributed by atoms with Crippen LogP contribution in [0.1, 0.15) is 11.1 Å². The molecule has 0 spiro atoms. The van der Waals surface area contributed by atoms with Crippen molar-refractivity contribution in [3.05, 3.63) is 110 Å². The molecule has 0 radical (unpaired) electrons. The maximum absolute atomic E-state index is 13.0. The van der Waals surface area contributed by atoms with E-state index in [-0.39, 0.29) is 24.3 Å². The third kappa shape index (κ3) is 5.85. The van der Waals surface area contributed by atoms with Crippen molar-refractivity contribution in [2.75, 3.05) is 13.2 Å². The van der Waals surface area contributed by atoms with E-state index in [0.717, 1.165) is 32.6 Å². The van der Waals surface area contributed by atoms with Gasteiger partial charge < -0.3 is 9.47 Å². The third-order valence-corrected chi connectivity index (χ3v) is 7.52. The minimum Gasteiger partial charge on any atom is -0.490 e. The highest BCUT2D eigenvalue weighted by atomic mass is 79.9. The lowest BCUT2D eigenvalue weighted by molar-refractivity contribution is -0.123. The summed E-state index contributed by atoms with van der Waals surface area (Å²) in [6, 6.07) is 26.9. The topological polar surface area (TPSA) is 55.8 Å². The van der Waals surface area contributed by atoms with Crippen molar-refractivity contribution in [1.29, 1.82) is 0 Å². The molecule has 0 saturated carbocycles. The van der Waals surface area contributed by atoms with Crippen molar-refractivity contribution in [1.82, 2.24) is 4.90 Å². The highest BCUT2D eigenvalue weighted by molar-refractivity contribution is 9.10. The molecule has 5 rings (SSSR count). The van der Waals surface area contributed by atoms with Crippen molar-refractivity contribution in [2.45, 2.75) is 6.61 Å². The molecule has 1 saturated heterocycles. The molecule has 37 heavy (non-hydrogen) atoms. The number of thioether (sulfide) groups is 1. The van der Waals surface area contributed by atoms with E-state index < -0.39 is 0 Å². The van der Waals surface area contributed by atoms with Crippen molar-refractivity contribution in [3.63, 3.8) is 0 Å². The number of nitrogens with zero attached hydrogens (tertiary/aromatic N) is 1. The molecule has 5 nitrogen and oxygen atoms in total. The van der Waals surface area contributed by atoms with Gasteiger partial charge in [-0.25, -0.2) is 0 Å². The number of hydrogen-bond acceptors (Lipinski definition) is 5. The maximum atomic E-state index is 13.0. The molecule has 0 atom stereocenters. The standard InChI is InChI=1S/C29H21BrClNO4S/c30-22-12-13-25(36-18-20-8-5-7-19-6-1-2-9-23(19)20)21(16-22)17-27-28(33)32(29(34)37-27)14-15-35-26-11-4-3-10-24(26)31/h1-13,16-17H,14-15,18H2/b27-17-. The highest BCUT2D eigenvalue weighted by Crippen LogP contribution is 2.35. The second-order valence-electron chi connectivity index (χ2n) is 8.22. The number of carbonyl (C=O) groups is 2. The van der Waals surface area contributed by atoms with Gasteiger partial charge in [-0.15, -0.1) is 0 Å². The number of para-hydroxylation sites is 1. The number of fused-ring (bicyclic) bond motifs is 1. The number of carbonyl (C=O) groups excluding carboxylic acids is 2. The Morgan fingerprint density at radius 2 is 1.68 bits per heavy atom. The van der Waals surface area contributed by atoms with Gasteiger partial charge in [-0.1, -0.05) is 82.1 Å². The number of hydrogen-bond donors (Lipinski definition) is 0. The zero-order valence-electron chi connectivity index (χ0n) is 19.5. The van der Waals surface area contributed by atoms with Crippen LogP contribution in [0.2, 0.25) is 5.02 Å². The van der Waals surface area contributed by atoms with Crippen LogP contribution in [0.25, 0.3) is 16.8 Å². The van der Waals surface area contributed by atoms with Gasteiger partial charge in [0.05, 0.1) is 16.5 Å². The normalized spacial score (nSPS) is 14.5. The summed E-state index contributed by atoms with van der Waals surface area (Å²) in [5.74, 6) is 0.761. The van der Waals surface area contributed by atoms with Crippen LogP contribution in [-0.2, 0) is 11.4 Å². The number of amides is 2. The van der Waals surface area contributed by atoms with Crippen LogP contribution in [0.4, 0.5) is 4.79 Å². The van der Waals surface area contributed by atoms with E-state index in [9.17, 15) is 9.59 Å². The molecule has 0 aromatic heterocycles. The Balaban J connectivity index is 1.31. The molecule has 0 unspecified atom stereocenters. The van der Waals surface area contributed by atoms with Gasteiger partial charge in [-0.2, -0.15) is 0 Å². The van der Waals surface area contributed by atoms with Crippen LogP contribution in [0.3, 0.4) is 0 Å². The monoisotopic (exact) mass is 593 g/mol. The largest absolute Gasteiger partial charge is 0.490 e. The molecule has 8 heteroatoms. The van der Waals surface area contributed by atoms with Gasteiger partial charge in [0.15, 0.2) is 0 Å². The molecule has 186 valence electrons. The number of benzene rings is 4. The predicted molar refractivity (Wildman–Crippen MR) is 152 cm³/mol. The van der Waals surface area contributed by atoms with Gasteiger partial charge in [0.2, 0.25) is 0 Å². The summed E-state index contributed by atoms with van der Waals surface area (Å²) in [5, 5.41) is 2.41. The van der Waals surface area contributed by atoms with Crippen LogP contribution in [0.5, 0.6) is 11.5 Å². The van der Waals surface area contributed by atoms with E-state index >= 15 is 0 Å². The Morgan fingerprint density at radius 1 is 0.892 bits per heavy atom. The molecule has 1 aliphatic heterocycles. The lowest BCUT2D eigenvalue weighted by atomic mass is 10.1. The minimum atomic E-state index is -0.363. The molecule has 1 heterocycles. The van der Waals surface area contributed by atoms with Crippen LogP contribution in [-0.4, -0.2) is 29.2 Å². The molecule has 0 aliphatic carbocycles. The van der Waals surface area contributed by atoms with Crippen molar-refractivity contribution >= 4 is 67.3 Å². The second-order valence-corrected chi connectivity index (χ2v) is 10.5. The van der Waals surface area contributed by atoms with Crippen LogP contribution in [0.15, 0.2) is 94.3 Å². The summed E-state index contributed by atoms with van der Waals surface area (Å²) < 4.78 is 12.7. The van der Waals surface area contributed by atoms with E-state index in [4.69, 9.17) is 21.1 Å². The lowest BCUT2D eigenvalue weighted by Gasteiger charge is -2.14. The number of ether oxygens (including phenoxy) is 2. The van der Waals surface area contributed by atoms with Crippen molar-refractivity contribution in [2.24, 2.45) is 0 Å². The number of halogens is 2.